The Morgan fingerprint density at radius 3 is 2.30 bits per heavy atom. The van der Waals surface area contributed by atoms with Gasteiger partial charge in [-0.3, -0.25) is 28.5 Å². The Labute approximate surface area is 274 Å². The van der Waals surface area contributed by atoms with E-state index >= 15 is 0 Å². The highest BCUT2D eigenvalue weighted by Gasteiger charge is 2.30. The van der Waals surface area contributed by atoms with Crippen molar-refractivity contribution in [3.63, 3.8) is 0 Å². The number of nitrogens with zero attached hydrogens (tertiary/aromatic N) is 4. The molecule has 0 spiro atoms. The molecule has 0 bridgehead atoms. The number of para-hydroxylation sites is 1. The van der Waals surface area contributed by atoms with Gasteiger partial charge in [-0.05, 0) is 59.0 Å². The van der Waals surface area contributed by atoms with Crippen molar-refractivity contribution in [2.45, 2.75) is 77.4 Å². The van der Waals surface area contributed by atoms with Gasteiger partial charge in [-0.25, -0.2) is 0 Å². The molecule has 0 aliphatic heterocycles. The van der Waals surface area contributed by atoms with E-state index in [0.717, 1.165) is 24.2 Å². The number of carbonyl (C=O) groups is 5. The van der Waals surface area contributed by atoms with Crippen LogP contribution in [0.2, 0.25) is 0 Å². The highest BCUT2D eigenvalue weighted by atomic mass is 16.3. The number of aryl methyl sites for hydroxylation is 1. The van der Waals surface area contributed by atoms with Gasteiger partial charge in [-0.15, -0.1) is 10.2 Å². The molecule has 5 amide bonds. The zero-order valence-electron chi connectivity index (χ0n) is 27.6. The quantitative estimate of drug-likeness (QED) is 0.0723. The van der Waals surface area contributed by atoms with Crippen LogP contribution in [0.1, 0.15) is 50.3 Å². The van der Waals surface area contributed by atoms with E-state index in [1.54, 1.807) is 11.5 Å². The summed E-state index contributed by atoms with van der Waals surface area (Å²) in [5, 5.41) is 40.6. The van der Waals surface area contributed by atoms with Crippen molar-refractivity contribution in [3.8, 4) is 5.69 Å². The number of hydrogen-bond donors (Lipinski definition) is 8. The first-order chi connectivity index (χ1) is 22.2. The van der Waals surface area contributed by atoms with Crippen LogP contribution < -0.4 is 32.3 Å². The maximum absolute atomic E-state index is 12.8. The molecule has 0 fully saturated rings. The molecule has 47 heavy (non-hydrogen) atoms. The highest BCUT2D eigenvalue weighted by molar-refractivity contribution is 5.94. The summed E-state index contributed by atoms with van der Waals surface area (Å²) < 4.78 is 1.74. The van der Waals surface area contributed by atoms with Crippen LogP contribution >= 0.6 is 0 Å². The summed E-state index contributed by atoms with van der Waals surface area (Å²) >= 11 is 0. The average Bonchev–Trinajstić information content (AvgIpc) is 3.40. The molecule has 1 heterocycles. The molecule has 0 saturated heterocycles. The SMILES string of the molecule is CC(=O)NCc1ccccc1-n1c(C)nnc1CNC(=O)CNC(=O)[C@@H](NC(=O)[C@H](CO)NC(=O)[C@@H](N)CCCCN(C)C)[C@@H](C)O. The molecule has 0 unspecified atom stereocenters. The summed E-state index contributed by atoms with van der Waals surface area (Å²) in [4.78, 5) is 64.2. The number of unbranched alkanes of at least 4 members (excludes halogenated alkanes) is 1. The van der Waals surface area contributed by atoms with E-state index < -0.39 is 61.0 Å². The maximum Gasteiger partial charge on any atom is 0.245 e. The van der Waals surface area contributed by atoms with Gasteiger partial charge in [0.1, 0.15) is 17.9 Å². The number of rotatable bonds is 19. The van der Waals surface area contributed by atoms with Crippen LogP contribution in [0.5, 0.6) is 0 Å². The van der Waals surface area contributed by atoms with Gasteiger partial charge in [-0.1, -0.05) is 24.6 Å². The Hall–Kier alpha value is -4.45. The minimum Gasteiger partial charge on any atom is -0.394 e. The lowest BCUT2D eigenvalue weighted by atomic mass is 10.1. The normalized spacial score (nSPS) is 13.6. The molecule has 1 aromatic heterocycles. The van der Waals surface area contributed by atoms with Crippen molar-refractivity contribution >= 4 is 29.5 Å². The Balaban J connectivity index is 1.94. The molecule has 0 radical (unpaired) electrons. The third-order valence-electron chi connectivity index (χ3n) is 7.10. The van der Waals surface area contributed by atoms with E-state index in [1.165, 1.54) is 13.8 Å². The van der Waals surface area contributed by atoms with Crippen LogP contribution in [-0.2, 0) is 37.1 Å². The fourth-order valence-electron chi connectivity index (χ4n) is 4.51. The minimum atomic E-state index is -1.49. The Bertz CT molecular complexity index is 1360. The van der Waals surface area contributed by atoms with Crippen LogP contribution in [0.3, 0.4) is 0 Å². The van der Waals surface area contributed by atoms with E-state index in [9.17, 15) is 34.2 Å². The lowest BCUT2D eigenvalue weighted by molar-refractivity contribution is -0.135. The minimum absolute atomic E-state index is 0.0454. The van der Waals surface area contributed by atoms with E-state index in [-0.39, 0.29) is 19.0 Å². The summed E-state index contributed by atoms with van der Waals surface area (Å²) in [7, 11) is 3.87. The number of nitrogens with two attached hydrogens (primary N) is 1. The van der Waals surface area contributed by atoms with E-state index in [0.29, 0.717) is 24.5 Å². The maximum atomic E-state index is 12.8. The van der Waals surface area contributed by atoms with E-state index in [1.807, 2.05) is 43.3 Å². The summed E-state index contributed by atoms with van der Waals surface area (Å²) in [5.74, 6) is -2.25. The average molecular weight is 661 g/mol. The molecular formula is C30H48N10O7. The van der Waals surface area contributed by atoms with Gasteiger partial charge < -0.3 is 47.4 Å². The molecule has 0 aliphatic rings. The van der Waals surface area contributed by atoms with Crippen LogP contribution in [0.25, 0.3) is 5.69 Å². The smallest absolute Gasteiger partial charge is 0.245 e. The first kappa shape index (κ1) is 38.7. The van der Waals surface area contributed by atoms with Crippen molar-refractivity contribution < 1.29 is 34.2 Å². The van der Waals surface area contributed by atoms with Gasteiger partial charge in [0.05, 0.1) is 37.5 Å². The third kappa shape index (κ3) is 12.7. The molecule has 2 rings (SSSR count). The standard InChI is InChI=1S/C30H48N10O7/c1-18(42)27(36-29(46)23(17-41)35-28(45)22(31)11-8-9-13-39(4)5)30(47)34-16-26(44)33-15-25-38-37-19(2)40(25)24-12-7-6-10-21(24)14-32-20(3)43/h6-7,10,12,18,22-23,27,41-42H,8-9,11,13-17,31H2,1-5H3,(H,32,43)(H,33,44)(H,34,47)(H,35,45)(H,36,46)/t18-,22+,23+,27+/m1/s1. The lowest BCUT2D eigenvalue weighted by Crippen LogP contribution is -2.59. The number of nitrogens with one attached hydrogen (secondary N) is 5. The van der Waals surface area contributed by atoms with Crippen LogP contribution in [-0.4, -0.2) is 117 Å². The Morgan fingerprint density at radius 2 is 1.66 bits per heavy atom. The molecule has 4 atom stereocenters. The molecule has 9 N–H and O–H groups in total. The van der Waals surface area contributed by atoms with Gasteiger partial charge in [0.15, 0.2) is 5.82 Å². The third-order valence-corrected chi connectivity index (χ3v) is 7.10. The summed E-state index contributed by atoms with van der Waals surface area (Å²) in [6, 6.07) is 3.52. The van der Waals surface area contributed by atoms with E-state index in [2.05, 4.69) is 36.8 Å². The number of carbonyl (C=O) groups excluding carboxylic acids is 5. The second kappa shape index (κ2) is 19.3. The predicted octanol–water partition coefficient (Wildman–Crippen LogP) is -2.65. The first-order valence-corrected chi connectivity index (χ1v) is 15.3. The topological polar surface area (TPSA) is 246 Å². The monoisotopic (exact) mass is 660 g/mol. The zero-order chi connectivity index (χ0) is 35.1. The van der Waals surface area contributed by atoms with Gasteiger partial charge in [0.25, 0.3) is 0 Å². The molecule has 0 saturated carbocycles. The van der Waals surface area contributed by atoms with Crippen molar-refractivity contribution in [1.29, 1.82) is 0 Å². The zero-order valence-corrected chi connectivity index (χ0v) is 27.6. The molecule has 17 nitrogen and oxygen atoms in total. The molecule has 1 aromatic carbocycles. The molecule has 260 valence electrons. The largest absolute Gasteiger partial charge is 0.394 e. The molecular weight excluding hydrogens is 612 g/mol. The summed E-state index contributed by atoms with van der Waals surface area (Å²) in [6.45, 7) is 4.22. The molecule has 0 aliphatic carbocycles. The molecule has 17 heteroatoms. The van der Waals surface area contributed by atoms with Gasteiger partial charge in [0, 0.05) is 13.5 Å². The number of aliphatic hydroxyl groups excluding tert-OH is 2. The van der Waals surface area contributed by atoms with Crippen molar-refractivity contribution in [2.24, 2.45) is 5.73 Å². The second-order valence-electron chi connectivity index (χ2n) is 11.4. The van der Waals surface area contributed by atoms with Gasteiger partial charge in [-0.2, -0.15) is 0 Å². The fourth-order valence-corrected chi connectivity index (χ4v) is 4.51. The van der Waals surface area contributed by atoms with Crippen molar-refractivity contribution in [1.82, 2.24) is 46.2 Å². The fraction of sp³-hybridized carbons (Fsp3) is 0.567. The van der Waals surface area contributed by atoms with E-state index in [4.69, 9.17) is 5.73 Å². The number of hydrogen-bond acceptors (Lipinski definition) is 11. The number of benzene rings is 1. The van der Waals surface area contributed by atoms with Crippen LogP contribution in [0.15, 0.2) is 24.3 Å². The Kier molecular flexibility index (Phi) is 15.9. The Morgan fingerprint density at radius 1 is 0.957 bits per heavy atom. The number of amides is 5. The number of aromatic nitrogens is 3. The molecule has 2 aromatic rings. The van der Waals surface area contributed by atoms with Crippen molar-refractivity contribution in [2.75, 3.05) is 33.8 Å². The van der Waals surface area contributed by atoms with Crippen molar-refractivity contribution in [3.05, 3.63) is 41.5 Å². The summed E-state index contributed by atoms with van der Waals surface area (Å²) in [6.07, 6.45) is 0.520. The summed E-state index contributed by atoms with van der Waals surface area (Å²) in [5.41, 5.74) is 7.45. The predicted molar refractivity (Wildman–Crippen MR) is 171 cm³/mol. The van der Waals surface area contributed by atoms with Crippen LogP contribution in [0, 0.1) is 6.92 Å². The second-order valence-corrected chi connectivity index (χ2v) is 11.4. The van der Waals surface area contributed by atoms with Crippen LogP contribution in [0.4, 0.5) is 0 Å². The highest BCUT2D eigenvalue weighted by Crippen LogP contribution is 2.18. The van der Waals surface area contributed by atoms with Gasteiger partial charge in [0.2, 0.25) is 29.5 Å². The van der Waals surface area contributed by atoms with Gasteiger partial charge >= 0.3 is 0 Å². The lowest BCUT2D eigenvalue weighted by Gasteiger charge is -2.24. The first-order valence-electron chi connectivity index (χ1n) is 15.3. The number of aliphatic hydroxyl groups is 2.